The smallest absolute Gasteiger partial charge is 0.158 e. The molecule has 64 valence electrons. The van der Waals surface area contributed by atoms with Crippen LogP contribution in [-0.2, 0) is 4.79 Å². The largest absolute Gasteiger partial charge is 0.385 e. The van der Waals surface area contributed by atoms with Gasteiger partial charge in [0, 0.05) is 0 Å². The Morgan fingerprint density at radius 2 is 2.09 bits per heavy atom. The number of ketones is 1. The number of carbonyl (C=O) groups is 1. The molecule has 0 aromatic carbocycles. The van der Waals surface area contributed by atoms with Crippen LogP contribution in [0.25, 0.3) is 0 Å². The summed E-state index contributed by atoms with van der Waals surface area (Å²) in [6.07, 6.45) is 1.11. The third-order valence-corrected chi connectivity index (χ3v) is 2.25. The van der Waals surface area contributed by atoms with Gasteiger partial charge >= 0.3 is 0 Å². The summed E-state index contributed by atoms with van der Waals surface area (Å²) >= 11 is 0. The van der Waals surface area contributed by atoms with Crippen LogP contribution in [0, 0.1) is 5.92 Å². The molecule has 0 aliphatic carbocycles. The van der Waals surface area contributed by atoms with E-state index in [1.807, 2.05) is 0 Å². The first-order valence-electron chi connectivity index (χ1n) is 4.11. The van der Waals surface area contributed by atoms with Crippen molar-refractivity contribution in [1.82, 2.24) is 5.32 Å². The summed E-state index contributed by atoms with van der Waals surface area (Å²) in [7, 11) is 0. The molecule has 1 heterocycles. The topological polar surface area (TPSA) is 49.3 Å². The lowest BCUT2D eigenvalue weighted by Gasteiger charge is -2.25. The summed E-state index contributed by atoms with van der Waals surface area (Å²) in [5, 5.41) is 12.6. The Balaban J connectivity index is 2.38. The Morgan fingerprint density at radius 1 is 1.55 bits per heavy atom. The lowest BCUT2D eigenvalue weighted by molar-refractivity contribution is -0.128. The summed E-state index contributed by atoms with van der Waals surface area (Å²) in [5.74, 6) is 0.0886. The molecule has 0 saturated carbocycles. The predicted molar refractivity (Wildman–Crippen MR) is 42.3 cm³/mol. The number of aliphatic hydroxyl groups excluding tert-OH is 1. The first-order valence-corrected chi connectivity index (χ1v) is 4.11. The van der Waals surface area contributed by atoms with Crippen LogP contribution in [0.1, 0.15) is 19.8 Å². The number of carbonyl (C=O) groups excluding carboxylic acids is 1. The SMILES string of the molecule is CC(=O)C(O)C1CCNCC1. The lowest BCUT2D eigenvalue weighted by atomic mass is 9.90. The monoisotopic (exact) mass is 157 g/mol. The molecule has 1 saturated heterocycles. The third kappa shape index (κ3) is 2.27. The maximum absolute atomic E-state index is 10.8. The highest BCUT2D eigenvalue weighted by Crippen LogP contribution is 2.16. The van der Waals surface area contributed by atoms with Gasteiger partial charge in [0.25, 0.3) is 0 Å². The molecule has 2 N–H and O–H groups in total. The van der Waals surface area contributed by atoms with Crippen molar-refractivity contribution in [1.29, 1.82) is 0 Å². The summed E-state index contributed by atoms with van der Waals surface area (Å²) < 4.78 is 0. The van der Waals surface area contributed by atoms with Gasteiger partial charge in [0.05, 0.1) is 0 Å². The van der Waals surface area contributed by atoms with Gasteiger partial charge in [-0.25, -0.2) is 0 Å². The first kappa shape index (κ1) is 8.68. The Labute approximate surface area is 66.8 Å². The molecular formula is C8H15NO2. The molecule has 1 fully saturated rings. The summed E-state index contributed by atoms with van der Waals surface area (Å²) in [6.45, 7) is 3.30. The maximum Gasteiger partial charge on any atom is 0.158 e. The minimum Gasteiger partial charge on any atom is -0.385 e. The molecule has 1 rings (SSSR count). The minimum absolute atomic E-state index is 0.100. The van der Waals surface area contributed by atoms with E-state index in [2.05, 4.69) is 5.32 Å². The van der Waals surface area contributed by atoms with Crippen LogP contribution in [0.2, 0.25) is 0 Å². The standard InChI is InChI=1S/C8H15NO2/c1-6(10)8(11)7-2-4-9-5-3-7/h7-9,11H,2-5H2,1H3. The van der Waals surface area contributed by atoms with E-state index in [0.29, 0.717) is 0 Å². The molecule has 1 atom stereocenters. The van der Waals surface area contributed by atoms with Crippen LogP contribution in [0.15, 0.2) is 0 Å². The van der Waals surface area contributed by atoms with E-state index >= 15 is 0 Å². The van der Waals surface area contributed by atoms with Crippen LogP contribution in [-0.4, -0.2) is 30.1 Å². The average Bonchev–Trinajstić information content (AvgIpc) is 2.05. The molecule has 1 unspecified atom stereocenters. The third-order valence-electron chi connectivity index (χ3n) is 2.25. The van der Waals surface area contributed by atoms with Crippen molar-refractivity contribution in [2.45, 2.75) is 25.9 Å². The average molecular weight is 157 g/mol. The molecule has 1 aliphatic heterocycles. The van der Waals surface area contributed by atoms with Gasteiger partial charge in [0.1, 0.15) is 6.10 Å². The van der Waals surface area contributed by atoms with E-state index in [-0.39, 0.29) is 11.7 Å². The molecule has 11 heavy (non-hydrogen) atoms. The first-order chi connectivity index (χ1) is 5.22. The summed E-state index contributed by atoms with van der Waals surface area (Å²) in [6, 6.07) is 0. The second-order valence-electron chi connectivity index (χ2n) is 3.14. The van der Waals surface area contributed by atoms with Crippen molar-refractivity contribution in [3.8, 4) is 0 Å². The molecule has 0 bridgehead atoms. The normalized spacial score (nSPS) is 23.1. The van der Waals surface area contributed by atoms with Crippen molar-refractivity contribution in [2.24, 2.45) is 5.92 Å². The fourth-order valence-corrected chi connectivity index (χ4v) is 1.49. The quantitative estimate of drug-likeness (QED) is 0.590. The second kappa shape index (κ2) is 3.83. The second-order valence-corrected chi connectivity index (χ2v) is 3.14. The number of nitrogens with one attached hydrogen (secondary N) is 1. The highest BCUT2D eigenvalue weighted by Gasteiger charge is 2.24. The van der Waals surface area contributed by atoms with Crippen LogP contribution in [0.3, 0.4) is 0 Å². The van der Waals surface area contributed by atoms with Gasteiger partial charge in [-0.05, 0) is 38.8 Å². The zero-order chi connectivity index (χ0) is 8.27. The molecule has 0 aromatic heterocycles. The lowest BCUT2D eigenvalue weighted by Crippen LogP contribution is -2.37. The van der Waals surface area contributed by atoms with E-state index in [4.69, 9.17) is 0 Å². The van der Waals surface area contributed by atoms with Crippen LogP contribution < -0.4 is 5.32 Å². The minimum atomic E-state index is -0.725. The zero-order valence-electron chi connectivity index (χ0n) is 6.84. The molecular weight excluding hydrogens is 142 g/mol. The zero-order valence-corrected chi connectivity index (χ0v) is 6.84. The molecule has 0 aromatic rings. The van der Waals surface area contributed by atoms with Crippen molar-refractivity contribution in [3.63, 3.8) is 0 Å². The molecule has 0 amide bonds. The van der Waals surface area contributed by atoms with Crippen LogP contribution >= 0.6 is 0 Å². The van der Waals surface area contributed by atoms with E-state index < -0.39 is 6.10 Å². The Hall–Kier alpha value is -0.410. The highest BCUT2D eigenvalue weighted by molar-refractivity contribution is 5.80. The molecule has 1 aliphatic rings. The van der Waals surface area contributed by atoms with E-state index in [1.165, 1.54) is 6.92 Å². The molecule has 0 radical (unpaired) electrons. The Morgan fingerprint density at radius 3 is 2.55 bits per heavy atom. The Bertz CT molecular complexity index is 141. The van der Waals surface area contributed by atoms with Crippen LogP contribution in [0.5, 0.6) is 0 Å². The summed E-state index contributed by atoms with van der Waals surface area (Å²) in [5.41, 5.74) is 0. The van der Waals surface area contributed by atoms with Crippen molar-refractivity contribution < 1.29 is 9.90 Å². The maximum atomic E-state index is 10.8. The van der Waals surface area contributed by atoms with Gasteiger partial charge in [-0.3, -0.25) is 4.79 Å². The van der Waals surface area contributed by atoms with E-state index in [9.17, 15) is 9.90 Å². The molecule has 0 spiro atoms. The number of hydrogen-bond acceptors (Lipinski definition) is 3. The van der Waals surface area contributed by atoms with Gasteiger partial charge in [0.15, 0.2) is 5.78 Å². The molecule has 3 nitrogen and oxygen atoms in total. The van der Waals surface area contributed by atoms with Crippen molar-refractivity contribution in [3.05, 3.63) is 0 Å². The number of rotatable bonds is 2. The van der Waals surface area contributed by atoms with Crippen molar-refractivity contribution >= 4 is 5.78 Å². The van der Waals surface area contributed by atoms with Gasteiger partial charge in [-0.15, -0.1) is 0 Å². The van der Waals surface area contributed by atoms with E-state index in [0.717, 1.165) is 25.9 Å². The highest BCUT2D eigenvalue weighted by atomic mass is 16.3. The van der Waals surface area contributed by atoms with Gasteiger partial charge in [-0.2, -0.15) is 0 Å². The number of piperidine rings is 1. The van der Waals surface area contributed by atoms with Gasteiger partial charge < -0.3 is 10.4 Å². The summed E-state index contributed by atoms with van der Waals surface area (Å²) in [4.78, 5) is 10.8. The van der Waals surface area contributed by atoms with Gasteiger partial charge in [0.2, 0.25) is 0 Å². The molecule has 3 heteroatoms. The fraction of sp³-hybridized carbons (Fsp3) is 0.875. The number of Topliss-reactive ketones (excluding diaryl/α,β-unsaturated/α-hetero) is 1. The number of aliphatic hydroxyl groups is 1. The van der Waals surface area contributed by atoms with Gasteiger partial charge in [-0.1, -0.05) is 0 Å². The predicted octanol–water partition coefficient (Wildman–Crippen LogP) is -0.0641. The van der Waals surface area contributed by atoms with E-state index in [1.54, 1.807) is 0 Å². The van der Waals surface area contributed by atoms with Crippen LogP contribution in [0.4, 0.5) is 0 Å². The fourth-order valence-electron chi connectivity index (χ4n) is 1.49. The Kier molecular flexibility index (Phi) is 3.02. The number of hydrogen-bond donors (Lipinski definition) is 2. The van der Waals surface area contributed by atoms with Crippen molar-refractivity contribution in [2.75, 3.05) is 13.1 Å².